The number of hydrogen-bond acceptors (Lipinski definition) is 0. The monoisotopic (exact) mass is 206 g/mol. The lowest BCUT2D eigenvalue weighted by Crippen LogP contribution is -2.07. The Labute approximate surface area is 94.2 Å². The summed E-state index contributed by atoms with van der Waals surface area (Å²) in [5.74, 6) is 0. The molecule has 0 bridgehead atoms. The maximum Gasteiger partial charge on any atom is 0.538 e. The minimum atomic E-state index is -0.476. The van der Waals surface area contributed by atoms with Crippen LogP contribution in [-0.4, -0.2) is 19.3 Å². The lowest BCUT2D eigenvalue weighted by molar-refractivity contribution is 0.717. The molecule has 13 heavy (non-hydrogen) atoms. The van der Waals surface area contributed by atoms with Gasteiger partial charge in [0.05, 0.1) is 0 Å². The minimum Gasteiger partial charge on any atom is -0.336 e. The molecule has 0 radical (unpaired) electrons. The topological polar surface area (TPSA) is 0 Å². The predicted molar refractivity (Wildman–Crippen MR) is 60.9 cm³/mol. The van der Waals surface area contributed by atoms with Crippen LogP contribution in [0.5, 0.6) is 0 Å². The van der Waals surface area contributed by atoms with Crippen LogP contribution in [0.1, 0.15) is 31.7 Å². The summed E-state index contributed by atoms with van der Waals surface area (Å²) in [6.45, 7) is 2.24. The van der Waals surface area contributed by atoms with Gasteiger partial charge in [-0.25, -0.2) is 0 Å². The molecule has 0 aliphatic rings. The third kappa shape index (κ3) is 4.34. The SMILES string of the molecule is CCCCCc1cc[c]([Mg][Cl])cc1. The minimum absolute atomic E-state index is 0.476. The first-order valence-electron chi connectivity index (χ1n) is 5.00. The van der Waals surface area contributed by atoms with Crippen LogP contribution in [-0.2, 0) is 6.42 Å². The summed E-state index contributed by atoms with van der Waals surface area (Å²) in [5.41, 5.74) is 1.45. The highest BCUT2D eigenvalue weighted by atomic mass is 35.5. The molecule has 1 aromatic rings. The summed E-state index contributed by atoms with van der Waals surface area (Å²) in [6, 6.07) is 8.81. The molecule has 0 aromatic heterocycles. The van der Waals surface area contributed by atoms with Crippen LogP contribution in [0.4, 0.5) is 0 Å². The van der Waals surface area contributed by atoms with E-state index in [2.05, 4.69) is 31.2 Å². The second-order valence-corrected chi connectivity index (χ2v) is 5.29. The van der Waals surface area contributed by atoms with Gasteiger partial charge >= 0.3 is 19.3 Å². The zero-order valence-electron chi connectivity index (χ0n) is 8.22. The molecule has 1 aromatic carbocycles. The molecular weight excluding hydrogens is 192 g/mol. The summed E-state index contributed by atoms with van der Waals surface area (Å²) >= 11 is -0.476. The first kappa shape index (κ1) is 11.4. The van der Waals surface area contributed by atoms with Gasteiger partial charge in [0, 0.05) is 0 Å². The first-order chi connectivity index (χ1) is 6.36. The van der Waals surface area contributed by atoms with Crippen molar-refractivity contribution in [2.45, 2.75) is 32.6 Å². The Balaban J connectivity index is 2.40. The summed E-state index contributed by atoms with van der Waals surface area (Å²) in [5, 5.41) is 0. The van der Waals surface area contributed by atoms with Crippen molar-refractivity contribution in [2.24, 2.45) is 0 Å². The van der Waals surface area contributed by atoms with Crippen LogP contribution in [0.3, 0.4) is 0 Å². The van der Waals surface area contributed by atoms with E-state index in [0.29, 0.717) is 0 Å². The number of rotatable bonds is 5. The van der Waals surface area contributed by atoms with Crippen molar-refractivity contribution >= 4 is 32.0 Å². The van der Waals surface area contributed by atoms with E-state index in [4.69, 9.17) is 9.07 Å². The number of unbranched alkanes of at least 4 members (excludes halogenated alkanes) is 2. The van der Waals surface area contributed by atoms with Crippen molar-refractivity contribution in [1.82, 2.24) is 0 Å². The van der Waals surface area contributed by atoms with Gasteiger partial charge in [-0.1, -0.05) is 44.0 Å². The fourth-order valence-corrected chi connectivity index (χ4v) is 2.32. The maximum atomic E-state index is 5.84. The Morgan fingerprint density at radius 3 is 2.38 bits per heavy atom. The first-order valence-corrected chi connectivity index (χ1v) is 7.85. The van der Waals surface area contributed by atoms with Crippen LogP contribution in [0.2, 0.25) is 0 Å². The molecule has 0 spiro atoms. The van der Waals surface area contributed by atoms with E-state index < -0.39 is 19.3 Å². The standard InChI is InChI=1S/C11H15.ClH.Mg/c1-2-3-5-8-11-9-6-4-7-10-11;;/h6-7,9-10H,2-3,5,8H2,1H3;1H;/q;;+1/p-1. The van der Waals surface area contributed by atoms with Gasteiger partial charge in [-0.3, -0.25) is 0 Å². The summed E-state index contributed by atoms with van der Waals surface area (Å²) in [7, 11) is 5.84. The largest absolute Gasteiger partial charge is 0.538 e. The number of hydrogen-bond donors (Lipinski definition) is 0. The molecule has 68 valence electrons. The van der Waals surface area contributed by atoms with Crippen LogP contribution in [0, 0.1) is 0 Å². The molecule has 0 fully saturated rings. The molecule has 0 atom stereocenters. The van der Waals surface area contributed by atoms with E-state index in [1.807, 2.05) is 0 Å². The molecule has 0 unspecified atom stereocenters. The second-order valence-electron chi connectivity index (χ2n) is 3.41. The van der Waals surface area contributed by atoms with Crippen LogP contribution in [0.15, 0.2) is 24.3 Å². The highest BCUT2D eigenvalue weighted by Crippen LogP contribution is 2.04. The molecule has 0 heterocycles. The zero-order chi connectivity index (χ0) is 9.52. The van der Waals surface area contributed by atoms with E-state index in [0.717, 1.165) is 0 Å². The second kappa shape index (κ2) is 6.69. The smallest absolute Gasteiger partial charge is 0.336 e. The fourth-order valence-electron chi connectivity index (χ4n) is 1.37. The van der Waals surface area contributed by atoms with Crippen molar-refractivity contribution in [3.05, 3.63) is 29.8 Å². The van der Waals surface area contributed by atoms with Crippen LogP contribution < -0.4 is 3.69 Å². The van der Waals surface area contributed by atoms with Gasteiger partial charge in [-0.05, 0) is 18.4 Å². The summed E-state index contributed by atoms with van der Waals surface area (Å²) < 4.78 is 1.35. The van der Waals surface area contributed by atoms with Crippen molar-refractivity contribution in [1.29, 1.82) is 0 Å². The van der Waals surface area contributed by atoms with Crippen molar-refractivity contribution in [2.75, 3.05) is 0 Å². The Morgan fingerprint density at radius 2 is 1.85 bits per heavy atom. The third-order valence-corrected chi connectivity index (χ3v) is 3.95. The maximum absolute atomic E-state index is 5.84. The van der Waals surface area contributed by atoms with Gasteiger partial charge in [0.2, 0.25) is 0 Å². The van der Waals surface area contributed by atoms with Gasteiger partial charge in [-0.15, -0.1) is 3.69 Å². The van der Waals surface area contributed by atoms with E-state index >= 15 is 0 Å². The molecule has 0 saturated heterocycles. The van der Waals surface area contributed by atoms with Gasteiger partial charge in [-0.2, -0.15) is 0 Å². The fraction of sp³-hybridized carbons (Fsp3) is 0.455. The molecule has 0 saturated carbocycles. The quantitative estimate of drug-likeness (QED) is 0.514. The Hall–Kier alpha value is 0.276. The number of halogens is 1. The summed E-state index contributed by atoms with van der Waals surface area (Å²) in [4.78, 5) is 0. The molecule has 0 amide bonds. The van der Waals surface area contributed by atoms with E-state index in [-0.39, 0.29) is 0 Å². The predicted octanol–water partition coefficient (Wildman–Crippen LogP) is 2.90. The highest BCUT2D eigenvalue weighted by molar-refractivity contribution is 7.01. The van der Waals surface area contributed by atoms with E-state index in [1.54, 1.807) is 0 Å². The molecular formula is C11H15ClMg. The van der Waals surface area contributed by atoms with Gasteiger partial charge in [0.15, 0.2) is 0 Å². The normalized spacial score (nSPS) is 9.69. The molecule has 0 nitrogen and oxygen atoms in total. The van der Waals surface area contributed by atoms with Crippen molar-refractivity contribution in [3.8, 4) is 0 Å². The number of benzene rings is 1. The lowest BCUT2D eigenvalue weighted by atomic mass is 10.1. The molecule has 1 rings (SSSR count). The zero-order valence-corrected chi connectivity index (χ0v) is 10.4. The summed E-state index contributed by atoms with van der Waals surface area (Å²) in [6.07, 6.45) is 5.17. The van der Waals surface area contributed by atoms with Crippen LogP contribution in [0.25, 0.3) is 0 Å². The Kier molecular flexibility index (Phi) is 5.84. The average Bonchev–Trinajstić information content (AvgIpc) is 2.19. The van der Waals surface area contributed by atoms with E-state index in [9.17, 15) is 0 Å². The average molecular weight is 207 g/mol. The van der Waals surface area contributed by atoms with Gasteiger partial charge < -0.3 is 9.07 Å². The third-order valence-electron chi connectivity index (χ3n) is 2.25. The van der Waals surface area contributed by atoms with Crippen LogP contribution >= 0.6 is 9.07 Å². The van der Waals surface area contributed by atoms with Gasteiger partial charge in [0.25, 0.3) is 0 Å². The Bertz CT molecular complexity index is 230. The lowest BCUT2D eigenvalue weighted by Gasteiger charge is -2.01. The Morgan fingerprint density at radius 1 is 1.15 bits per heavy atom. The highest BCUT2D eigenvalue weighted by Gasteiger charge is 1.96. The molecule has 0 aliphatic heterocycles. The van der Waals surface area contributed by atoms with Crippen molar-refractivity contribution < 1.29 is 0 Å². The molecule has 0 N–H and O–H groups in total. The molecule has 2 heteroatoms. The van der Waals surface area contributed by atoms with Crippen molar-refractivity contribution in [3.63, 3.8) is 0 Å². The van der Waals surface area contributed by atoms with Gasteiger partial charge in [0.1, 0.15) is 0 Å². The van der Waals surface area contributed by atoms with E-state index in [1.165, 1.54) is 34.9 Å². The molecule has 0 aliphatic carbocycles. The number of aryl methyl sites for hydroxylation is 1.